The highest BCUT2D eigenvalue weighted by Gasteiger charge is 2.23. The fourth-order valence-corrected chi connectivity index (χ4v) is 3.23. The van der Waals surface area contributed by atoms with Crippen molar-refractivity contribution in [2.75, 3.05) is 13.1 Å². The highest BCUT2D eigenvalue weighted by Crippen LogP contribution is 2.31. The number of aromatic nitrogens is 1. The number of hydrogen-bond donors (Lipinski definition) is 1. The summed E-state index contributed by atoms with van der Waals surface area (Å²) in [5.74, 6) is 0. The maximum Gasteiger partial charge on any atom is 0.0709 e. The van der Waals surface area contributed by atoms with Crippen molar-refractivity contribution < 1.29 is 0 Å². The minimum absolute atomic E-state index is 0.0489. The lowest BCUT2D eigenvalue weighted by molar-refractivity contribution is 0.264. The maximum absolute atomic E-state index is 6.29. The van der Waals surface area contributed by atoms with Crippen LogP contribution in [0.5, 0.6) is 0 Å². The van der Waals surface area contributed by atoms with Crippen LogP contribution in [0.15, 0.2) is 18.2 Å². The van der Waals surface area contributed by atoms with Gasteiger partial charge in [-0.25, -0.2) is 0 Å². The lowest BCUT2D eigenvalue weighted by atomic mass is 9.91. The molecule has 1 aliphatic rings. The molecule has 0 spiro atoms. The SMILES string of the molecule is CCN1CCc2nc3ccc(C)cc3c(C(C)N)c2C1. The Morgan fingerprint density at radius 3 is 2.90 bits per heavy atom. The summed E-state index contributed by atoms with van der Waals surface area (Å²) < 4.78 is 0. The predicted molar refractivity (Wildman–Crippen MR) is 83.7 cm³/mol. The maximum atomic E-state index is 6.29. The van der Waals surface area contributed by atoms with Gasteiger partial charge in [0.1, 0.15) is 0 Å². The summed E-state index contributed by atoms with van der Waals surface area (Å²) in [7, 11) is 0. The van der Waals surface area contributed by atoms with Gasteiger partial charge in [0, 0.05) is 36.6 Å². The molecule has 0 saturated carbocycles. The third kappa shape index (κ3) is 2.21. The van der Waals surface area contributed by atoms with Gasteiger partial charge in [-0.05, 0) is 43.7 Å². The second-order valence-electron chi connectivity index (χ2n) is 5.88. The Kier molecular flexibility index (Phi) is 3.48. The Bertz CT molecular complexity index is 646. The molecule has 2 heterocycles. The highest BCUT2D eigenvalue weighted by atomic mass is 15.1. The van der Waals surface area contributed by atoms with E-state index in [0.717, 1.165) is 31.6 Å². The van der Waals surface area contributed by atoms with Crippen LogP contribution in [0.25, 0.3) is 10.9 Å². The molecule has 0 amide bonds. The van der Waals surface area contributed by atoms with Crippen LogP contribution in [0.3, 0.4) is 0 Å². The molecule has 1 atom stereocenters. The van der Waals surface area contributed by atoms with E-state index in [-0.39, 0.29) is 6.04 Å². The Labute approximate surface area is 120 Å². The van der Waals surface area contributed by atoms with E-state index in [1.807, 2.05) is 0 Å². The minimum atomic E-state index is 0.0489. The second kappa shape index (κ2) is 5.15. The molecular weight excluding hydrogens is 246 g/mol. The second-order valence-corrected chi connectivity index (χ2v) is 5.88. The number of nitrogens with two attached hydrogens (primary N) is 1. The van der Waals surface area contributed by atoms with Crippen LogP contribution in [-0.4, -0.2) is 23.0 Å². The standard InChI is InChI=1S/C17H23N3/c1-4-20-8-7-16-14(10-20)17(12(3)18)13-9-11(2)5-6-15(13)19-16/h5-6,9,12H,4,7-8,10,18H2,1-3H3. The first-order valence-electron chi connectivity index (χ1n) is 7.50. The quantitative estimate of drug-likeness (QED) is 0.911. The Morgan fingerprint density at radius 1 is 1.40 bits per heavy atom. The van der Waals surface area contributed by atoms with E-state index in [4.69, 9.17) is 10.7 Å². The molecule has 1 aromatic heterocycles. The molecule has 3 heteroatoms. The normalized spacial score (nSPS) is 17.2. The molecule has 2 N–H and O–H groups in total. The van der Waals surface area contributed by atoms with Gasteiger partial charge >= 0.3 is 0 Å². The van der Waals surface area contributed by atoms with Crippen LogP contribution < -0.4 is 5.73 Å². The van der Waals surface area contributed by atoms with Crippen molar-refractivity contribution in [3.63, 3.8) is 0 Å². The molecule has 3 nitrogen and oxygen atoms in total. The number of benzene rings is 1. The van der Waals surface area contributed by atoms with Gasteiger partial charge in [0.15, 0.2) is 0 Å². The van der Waals surface area contributed by atoms with Crippen LogP contribution in [0, 0.1) is 6.92 Å². The number of likely N-dealkylation sites (N-methyl/N-ethyl adjacent to an activating group) is 1. The van der Waals surface area contributed by atoms with E-state index in [2.05, 4.69) is 43.9 Å². The molecule has 20 heavy (non-hydrogen) atoms. The van der Waals surface area contributed by atoms with Crippen LogP contribution in [0.2, 0.25) is 0 Å². The third-order valence-corrected chi connectivity index (χ3v) is 4.32. The largest absolute Gasteiger partial charge is 0.324 e. The van der Waals surface area contributed by atoms with Crippen LogP contribution in [0.4, 0.5) is 0 Å². The highest BCUT2D eigenvalue weighted by molar-refractivity contribution is 5.85. The van der Waals surface area contributed by atoms with Gasteiger partial charge in [0.25, 0.3) is 0 Å². The topological polar surface area (TPSA) is 42.2 Å². The monoisotopic (exact) mass is 269 g/mol. The summed E-state index contributed by atoms with van der Waals surface area (Å²) in [6.45, 7) is 9.61. The molecule has 106 valence electrons. The average Bonchev–Trinajstić information content (AvgIpc) is 2.43. The van der Waals surface area contributed by atoms with Crippen molar-refractivity contribution in [2.45, 2.75) is 39.8 Å². The van der Waals surface area contributed by atoms with Gasteiger partial charge in [-0.3, -0.25) is 9.88 Å². The zero-order valence-electron chi connectivity index (χ0n) is 12.6. The summed E-state index contributed by atoms with van der Waals surface area (Å²) in [5, 5.41) is 1.23. The van der Waals surface area contributed by atoms with Crippen molar-refractivity contribution >= 4 is 10.9 Å². The van der Waals surface area contributed by atoms with Crippen molar-refractivity contribution in [1.29, 1.82) is 0 Å². The molecule has 0 radical (unpaired) electrons. The smallest absolute Gasteiger partial charge is 0.0709 e. The van der Waals surface area contributed by atoms with Crippen molar-refractivity contribution in [3.05, 3.63) is 40.6 Å². The molecule has 3 rings (SSSR count). The average molecular weight is 269 g/mol. The number of pyridine rings is 1. The molecular formula is C17H23N3. The number of fused-ring (bicyclic) bond motifs is 2. The van der Waals surface area contributed by atoms with E-state index in [1.54, 1.807) is 0 Å². The Balaban J connectivity index is 2.27. The van der Waals surface area contributed by atoms with Crippen molar-refractivity contribution in [3.8, 4) is 0 Å². The van der Waals surface area contributed by atoms with Gasteiger partial charge < -0.3 is 5.73 Å². The van der Waals surface area contributed by atoms with Gasteiger partial charge in [0.05, 0.1) is 5.52 Å². The van der Waals surface area contributed by atoms with Crippen LogP contribution in [0.1, 0.15) is 42.3 Å². The molecule has 1 aliphatic heterocycles. The molecule has 0 fully saturated rings. The zero-order valence-corrected chi connectivity index (χ0v) is 12.6. The third-order valence-electron chi connectivity index (χ3n) is 4.32. The van der Waals surface area contributed by atoms with Gasteiger partial charge in [-0.1, -0.05) is 18.6 Å². The van der Waals surface area contributed by atoms with Gasteiger partial charge in [-0.2, -0.15) is 0 Å². The molecule has 0 aliphatic carbocycles. The zero-order chi connectivity index (χ0) is 14.3. The molecule has 0 bridgehead atoms. The lowest BCUT2D eigenvalue weighted by Crippen LogP contribution is -2.32. The number of rotatable bonds is 2. The van der Waals surface area contributed by atoms with E-state index < -0.39 is 0 Å². The number of aryl methyl sites for hydroxylation is 1. The Morgan fingerprint density at radius 2 is 2.20 bits per heavy atom. The predicted octanol–water partition coefficient (Wildman–Crippen LogP) is 2.94. The summed E-state index contributed by atoms with van der Waals surface area (Å²) in [5.41, 5.74) is 12.6. The molecule has 1 aromatic carbocycles. The fraction of sp³-hybridized carbons (Fsp3) is 0.471. The Hall–Kier alpha value is -1.45. The summed E-state index contributed by atoms with van der Waals surface area (Å²) in [4.78, 5) is 7.36. The summed E-state index contributed by atoms with van der Waals surface area (Å²) in [6.07, 6.45) is 1.03. The first-order chi connectivity index (χ1) is 9.60. The van der Waals surface area contributed by atoms with E-state index in [9.17, 15) is 0 Å². The fourth-order valence-electron chi connectivity index (χ4n) is 3.23. The summed E-state index contributed by atoms with van der Waals surface area (Å²) in [6, 6.07) is 6.54. The number of nitrogens with zero attached hydrogens (tertiary/aromatic N) is 2. The van der Waals surface area contributed by atoms with Gasteiger partial charge in [-0.15, -0.1) is 0 Å². The lowest BCUT2D eigenvalue weighted by Gasteiger charge is -2.30. The minimum Gasteiger partial charge on any atom is -0.324 e. The van der Waals surface area contributed by atoms with Crippen molar-refractivity contribution in [1.82, 2.24) is 9.88 Å². The molecule has 1 unspecified atom stereocenters. The van der Waals surface area contributed by atoms with E-state index in [0.29, 0.717) is 0 Å². The van der Waals surface area contributed by atoms with E-state index in [1.165, 1.54) is 27.8 Å². The molecule has 2 aromatic rings. The first kappa shape index (κ1) is 13.5. The molecule has 0 saturated heterocycles. The van der Waals surface area contributed by atoms with Crippen LogP contribution >= 0.6 is 0 Å². The summed E-state index contributed by atoms with van der Waals surface area (Å²) >= 11 is 0. The van der Waals surface area contributed by atoms with E-state index >= 15 is 0 Å². The van der Waals surface area contributed by atoms with Gasteiger partial charge in [0.2, 0.25) is 0 Å². The van der Waals surface area contributed by atoms with Crippen LogP contribution in [-0.2, 0) is 13.0 Å². The van der Waals surface area contributed by atoms with Crippen molar-refractivity contribution in [2.24, 2.45) is 5.73 Å². The first-order valence-corrected chi connectivity index (χ1v) is 7.50. The number of hydrogen-bond acceptors (Lipinski definition) is 3.